The van der Waals surface area contributed by atoms with Crippen LogP contribution in [0.5, 0.6) is 5.75 Å². The molecule has 1 aliphatic carbocycles. The zero-order chi connectivity index (χ0) is 22.7. The molecule has 31 heavy (non-hydrogen) atoms. The molecule has 2 fully saturated rings. The highest BCUT2D eigenvalue weighted by Gasteiger charge is 2.52. The number of nitrogens with zero attached hydrogens (tertiary/aromatic N) is 1. The second-order valence-electron chi connectivity index (χ2n) is 8.88. The van der Waals surface area contributed by atoms with Crippen LogP contribution in [0.15, 0.2) is 29.2 Å². The minimum atomic E-state index is -3.93. The van der Waals surface area contributed by atoms with Gasteiger partial charge < -0.3 is 20.7 Å². The summed E-state index contributed by atoms with van der Waals surface area (Å²) in [6.45, 7) is 5.44. The minimum Gasteiger partial charge on any atom is -0.494 e. The van der Waals surface area contributed by atoms with Gasteiger partial charge in [-0.2, -0.15) is 0 Å². The first-order chi connectivity index (χ1) is 14.7. The predicted octanol–water partition coefficient (Wildman–Crippen LogP) is 1.63. The summed E-state index contributed by atoms with van der Waals surface area (Å²) < 4.78 is 31.0. The maximum Gasteiger partial charge on any atom is 0.239 e. The average Bonchev–Trinajstić information content (AvgIpc) is 3.59. The van der Waals surface area contributed by atoms with Gasteiger partial charge in [0.25, 0.3) is 0 Å². The number of amides is 2. The zero-order valence-electron chi connectivity index (χ0n) is 18.3. The van der Waals surface area contributed by atoms with Gasteiger partial charge in [-0.25, -0.2) is 8.42 Å². The van der Waals surface area contributed by atoms with Crippen molar-refractivity contribution in [2.24, 2.45) is 5.73 Å². The average molecular weight is 452 g/mol. The molecule has 8 nitrogen and oxygen atoms in total. The summed E-state index contributed by atoms with van der Waals surface area (Å²) in [5, 5.41) is 2.80. The molecule has 2 amide bonds. The van der Waals surface area contributed by atoms with E-state index in [1.807, 2.05) is 13.8 Å². The fourth-order valence-electron chi connectivity index (χ4n) is 4.17. The molecule has 1 saturated heterocycles. The number of hydrogen-bond donors (Lipinski definition) is 2. The van der Waals surface area contributed by atoms with Gasteiger partial charge in [0.1, 0.15) is 5.75 Å². The summed E-state index contributed by atoms with van der Waals surface area (Å²) >= 11 is 0. The van der Waals surface area contributed by atoms with E-state index in [-0.39, 0.29) is 23.3 Å². The number of carbonyl (C=O) groups is 2. The van der Waals surface area contributed by atoms with E-state index in [1.54, 1.807) is 12.1 Å². The van der Waals surface area contributed by atoms with E-state index < -0.39 is 20.5 Å². The van der Waals surface area contributed by atoms with Crippen LogP contribution in [0.25, 0.3) is 0 Å². The van der Waals surface area contributed by atoms with E-state index in [0.29, 0.717) is 44.3 Å². The number of benzene rings is 1. The Morgan fingerprint density at radius 1 is 1.29 bits per heavy atom. The molecule has 1 aliphatic heterocycles. The van der Waals surface area contributed by atoms with E-state index >= 15 is 0 Å². The normalized spacial score (nSPS) is 21.1. The third-order valence-corrected chi connectivity index (χ3v) is 9.41. The van der Waals surface area contributed by atoms with Crippen LogP contribution in [0, 0.1) is 0 Å². The largest absolute Gasteiger partial charge is 0.494 e. The van der Waals surface area contributed by atoms with Crippen LogP contribution in [-0.4, -0.2) is 61.7 Å². The lowest BCUT2D eigenvalue weighted by Crippen LogP contribution is -2.57. The van der Waals surface area contributed by atoms with Gasteiger partial charge >= 0.3 is 0 Å². The molecule has 3 rings (SSSR count). The van der Waals surface area contributed by atoms with Gasteiger partial charge in [-0.3, -0.25) is 9.59 Å². The first-order valence-electron chi connectivity index (χ1n) is 10.9. The van der Waals surface area contributed by atoms with Crippen molar-refractivity contribution < 1.29 is 22.7 Å². The van der Waals surface area contributed by atoms with Crippen LogP contribution >= 0.6 is 0 Å². The summed E-state index contributed by atoms with van der Waals surface area (Å²) in [5.41, 5.74) is 5.29. The maximum atomic E-state index is 13.4. The van der Waals surface area contributed by atoms with Crippen molar-refractivity contribution in [3.63, 3.8) is 0 Å². The number of ether oxygens (including phenoxy) is 1. The Balaban J connectivity index is 1.68. The number of hydrogen-bond acceptors (Lipinski definition) is 6. The zero-order valence-corrected chi connectivity index (χ0v) is 19.1. The number of carbonyl (C=O) groups excluding carboxylic acids is 2. The lowest BCUT2D eigenvalue weighted by molar-refractivity contribution is -0.121. The van der Waals surface area contributed by atoms with Crippen LogP contribution in [0.4, 0.5) is 0 Å². The summed E-state index contributed by atoms with van der Waals surface area (Å²) in [6.07, 6.45) is 4.79. The summed E-state index contributed by atoms with van der Waals surface area (Å²) in [6, 6.07) is 6.67. The summed E-state index contributed by atoms with van der Waals surface area (Å²) in [5.74, 6) is -0.245. The van der Waals surface area contributed by atoms with Crippen LogP contribution in [-0.2, 0) is 19.4 Å². The lowest BCUT2D eigenvalue weighted by Gasteiger charge is -2.39. The Kier molecular flexibility index (Phi) is 6.95. The third-order valence-electron chi connectivity index (χ3n) is 6.88. The summed E-state index contributed by atoms with van der Waals surface area (Å²) in [7, 11) is -3.93. The van der Waals surface area contributed by atoms with Crippen molar-refractivity contribution in [1.82, 2.24) is 10.2 Å². The molecule has 3 N–H and O–H groups in total. The van der Waals surface area contributed by atoms with Crippen molar-refractivity contribution in [2.75, 3.05) is 19.7 Å². The van der Waals surface area contributed by atoms with Gasteiger partial charge in [-0.15, -0.1) is 0 Å². The highest BCUT2D eigenvalue weighted by atomic mass is 32.2. The highest BCUT2D eigenvalue weighted by Crippen LogP contribution is 2.39. The van der Waals surface area contributed by atoms with Crippen LogP contribution < -0.4 is 15.8 Å². The summed E-state index contributed by atoms with van der Waals surface area (Å²) in [4.78, 5) is 25.4. The van der Waals surface area contributed by atoms with Gasteiger partial charge in [0.15, 0.2) is 14.6 Å². The first kappa shape index (κ1) is 23.5. The number of nitrogens with two attached hydrogens (primary N) is 1. The second kappa shape index (κ2) is 9.16. The molecule has 1 unspecified atom stereocenters. The van der Waals surface area contributed by atoms with E-state index in [2.05, 4.69) is 10.2 Å². The first-order valence-corrected chi connectivity index (χ1v) is 12.4. The number of nitrogens with one attached hydrogen (secondary N) is 1. The number of primary amides is 1. The smallest absolute Gasteiger partial charge is 0.239 e. The molecule has 1 aromatic rings. The Hall–Kier alpha value is -2.13. The maximum absolute atomic E-state index is 13.4. The van der Waals surface area contributed by atoms with Crippen molar-refractivity contribution in [3.05, 3.63) is 24.3 Å². The predicted molar refractivity (Wildman–Crippen MR) is 117 cm³/mol. The topological polar surface area (TPSA) is 119 Å². The van der Waals surface area contributed by atoms with E-state index in [0.717, 1.165) is 19.3 Å². The van der Waals surface area contributed by atoms with E-state index in [1.165, 1.54) is 12.1 Å². The molecule has 1 saturated carbocycles. The number of sulfone groups is 1. The van der Waals surface area contributed by atoms with Crippen LogP contribution in [0.2, 0.25) is 0 Å². The van der Waals surface area contributed by atoms with Gasteiger partial charge in [0.05, 0.1) is 11.5 Å². The molecule has 1 atom stereocenters. The van der Waals surface area contributed by atoms with Gasteiger partial charge in [-0.1, -0.05) is 6.92 Å². The van der Waals surface area contributed by atoms with Gasteiger partial charge in [0.2, 0.25) is 12.3 Å². The molecule has 0 aromatic heterocycles. The van der Waals surface area contributed by atoms with Crippen molar-refractivity contribution in [3.8, 4) is 5.75 Å². The molecule has 9 heteroatoms. The second-order valence-corrected chi connectivity index (χ2v) is 11.1. The Morgan fingerprint density at radius 3 is 2.39 bits per heavy atom. The van der Waals surface area contributed by atoms with Crippen molar-refractivity contribution in [2.45, 2.75) is 73.6 Å². The van der Waals surface area contributed by atoms with Crippen LogP contribution in [0.1, 0.15) is 52.4 Å². The lowest BCUT2D eigenvalue weighted by atomic mass is 9.95. The number of likely N-dealkylation sites (tertiary alicyclic amines) is 1. The van der Waals surface area contributed by atoms with Crippen LogP contribution in [0.3, 0.4) is 0 Å². The molecule has 1 heterocycles. The molecule has 172 valence electrons. The Bertz CT molecular complexity index is 890. The number of rotatable bonds is 11. The molecule has 0 bridgehead atoms. The monoisotopic (exact) mass is 451 g/mol. The Labute approximate surface area is 184 Å². The molecule has 1 aromatic carbocycles. The molecule has 0 spiro atoms. The fourth-order valence-corrected chi connectivity index (χ4v) is 6.10. The van der Waals surface area contributed by atoms with Crippen molar-refractivity contribution >= 4 is 22.2 Å². The van der Waals surface area contributed by atoms with Gasteiger partial charge in [0, 0.05) is 31.1 Å². The van der Waals surface area contributed by atoms with Crippen molar-refractivity contribution in [1.29, 1.82) is 0 Å². The SMILES string of the molecule is CCC(C)(CCOc1ccc(S(=O)(=O)C2(C(N)=O)CCN(C3CC3)CC2)cc1)NC=O. The van der Waals surface area contributed by atoms with E-state index in [4.69, 9.17) is 10.5 Å². The third kappa shape index (κ3) is 4.87. The molecular formula is C22H33N3O5S. The quantitative estimate of drug-likeness (QED) is 0.494. The highest BCUT2D eigenvalue weighted by molar-refractivity contribution is 7.93. The fraction of sp³-hybridized carbons (Fsp3) is 0.636. The molecule has 2 aliphatic rings. The minimum absolute atomic E-state index is 0.0829. The molecule has 0 radical (unpaired) electrons. The standard InChI is InChI=1S/C22H33N3O5S/c1-3-21(2,24-16-26)12-15-30-18-6-8-19(9-7-18)31(28,29)22(20(23)27)10-13-25(14-11-22)17-4-5-17/h6-9,16-17H,3-5,10-15H2,1-2H3,(H2,23,27)(H,24,26). The Morgan fingerprint density at radius 2 is 1.90 bits per heavy atom. The van der Waals surface area contributed by atoms with E-state index in [9.17, 15) is 18.0 Å². The molecular weight excluding hydrogens is 418 g/mol. The number of piperidine rings is 1. The van der Waals surface area contributed by atoms with Gasteiger partial charge in [-0.05, 0) is 63.3 Å².